The van der Waals surface area contributed by atoms with Crippen molar-refractivity contribution in [2.24, 2.45) is 0 Å². The number of anilines is 1. The minimum Gasteiger partial charge on any atom is -0.477 e. The Balaban J connectivity index is 2.35. The third-order valence-electron chi connectivity index (χ3n) is 3.05. The molecule has 0 saturated carbocycles. The van der Waals surface area contributed by atoms with Crippen molar-refractivity contribution in [3.63, 3.8) is 0 Å². The lowest BCUT2D eigenvalue weighted by Crippen LogP contribution is -2.13. The van der Waals surface area contributed by atoms with E-state index in [2.05, 4.69) is 9.71 Å². The van der Waals surface area contributed by atoms with Crippen LogP contribution in [-0.2, 0) is 10.0 Å². The first-order valence-corrected chi connectivity index (χ1v) is 7.30. The molecule has 0 spiro atoms. The number of aryl methyl sites for hydroxylation is 1. The van der Waals surface area contributed by atoms with Crippen molar-refractivity contribution in [2.75, 3.05) is 4.72 Å². The number of sulfonamides is 1. The number of carbonyl (C=O) groups is 1. The van der Waals surface area contributed by atoms with Gasteiger partial charge < -0.3 is 10.1 Å². The van der Waals surface area contributed by atoms with Crippen molar-refractivity contribution < 1.29 is 18.3 Å². The molecule has 0 saturated heterocycles. The van der Waals surface area contributed by atoms with E-state index in [4.69, 9.17) is 5.11 Å². The molecule has 1 aromatic carbocycles. The van der Waals surface area contributed by atoms with Crippen LogP contribution in [0, 0.1) is 13.8 Å². The fourth-order valence-electron chi connectivity index (χ4n) is 1.72. The van der Waals surface area contributed by atoms with Crippen molar-refractivity contribution >= 4 is 21.7 Å². The normalized spacial score (nSPS) is 11.3. The zero-order valence-electron chi connectivity index (χ0n) is 11.0. The Bertz CT molecular complexity index is 762. The molecule has 0 aliphatic rings. The number of H-pyrrole nitrogens is 1. The lowest BCUT2D eigenvalue weighted by molar-refractivity contribution is 0.0691. The van der Waals surface area contributed by atoms with Crippen molar-refractivity contribution in [1.82, 2.24) is 4.98 Å². The number of carboxylic acid groups (broad SMARTS) is 1. The van der Waals surface area contributed by atoms with Crippen LogP contribution in [0.4, 0.5) is 5.69 Å². The van der Waals surface area contributed by atoms with Gasteiger partial charge in [-0.1, -0.05) is 12.1 Å². The van der Waals surface area contributed by atoms with E-state index < -0.39 is 16.0 Å². The van der Waals surface area contributed by atoms with Gasteiger partial charge in [0.2, 0.25) is 0 Å². The standard InChI is InChI=1S/C13H14N2O4S/c1-8-4-3-5-11(9(8)2)15-20(18,19)10-6-12(13(16)17)14-7-10/h3-7,14-15H,1-2H3,(H,16,17). The third kappa shape index (κ3) is 2.67. The lowest BCUT2D eigenvalue weighted by atomic mass is 10.1. The van der Waals surface area contributed by atoms with Gasteiger partial charge in [-0.2, -0.15) is 0 Å². The second-order valence-electron chi connectivity index (χ2n) is 4.41. The molecule has 20 heavy (non-hydrogen) atoms. The van der Waals surface area contributed by atoms with Crippen molar-refractivity contribution in [2.45, 2.75) is 18.7 Å². The number of hydrogen-bond donors (Lipinski definition) is 3. The summed E-state index contributed by atoms with van der Waals surface area (Å²) >= 11 is 0. The molecule has 106 valence electrons. The summed E-state index contributed by atoms with van der Waals surface area (Å²) < 4.78 is 26.8. The van der Waals surface area contributed by atoms with E-state index in [0.717, 1.165) is 23.4 Å². The molecule has 0 aliphatic heterocycles. The Kier molecular flexibility index (Phi) is 3.54. The van der Waals surface area contributed by atoms with E-state index in [1.54, 1.807) is 12.1 Å². The molecular formula is C13H14N2O4S. The third-order valence-corrected chi connectivity index (χ3v) is 4.39. The van der Waals surface area contributed by atoms with Crippen molar-refractivity contribution in [1.29, 1.82) is 0 Å². The summed E-state index contributed by atoms with van der Waals surface area (Å²) in [7, 11) is -3.81. The van der Waals surface area contributed by atoms with Gasteiger partial charge in [-0.25, -0.2) is 13.2 Å². The Morgan fingerprint density at radius 3 is 2.60 bits per heavy atom. The summed E-state index contributed by atoms with van der Waals surface area (Å²) in [5.74, 6) is -1.21. The maximum absolute atomic E-state index is 12.2. The molecule has 2 rings (SSSR count). The summed E-state index contributed by atoms with van der Waals surface area (Å²) in [6, 6.07) is 6.37. The number of aromatic nitrogens is 1. The van der Waals surface area contributed by atoms with Gasteiger partial charge in [0.25, 0.3) is 10.0 Å². The van der Waals surface area contributed by atoms with Gasteiger partial charge in [0.05, 0.1) is 5.69 Å². The number of aromatic carboxylic acids is 1. The Labute approximate surface area is 116 Å². The van der Waals surface area contributed by atoms with Crippen LogP contribution in [0.1, 0.15) is 21.6 Å². The molecule has 0 bridgehead atoms. The van der Waals surface area contributed by atoms with Crippen LogP contribution in [-0.4, -0.2) is 24.5 Å². The zero-order chi connectivity index (χ0) is 14.9. The fraction of sp³-hybridized carbons (Fsp3) is 0.154. The van der Waals surface area contributed by atoms with Gasteiger partial charge in [-0.3, -0.25) is 4.72 Å². The molecular weight excluding hydrogens is 280 g/mol. The summed E-state index contributed by atoms with van der Waals surface area (Å²) in [6.45, 7) is 3.69. The summed E-state index contributed by atoms with van der Waals surface area (Å²) in [5.41, 5.74) is 2.09. The average molecular weight is 294 g/mol. The molecule has 0 aliphatic carbocycles. The summed E-state index contributed by atoms with van der Waals surface area (Å²) in [6.07, 6.45) is 1.15. The molecule has 1 heterocycles. The molecule has 6 nitrogen and oxygen atoms in total. The molecule has 1 aromatic heterocycles. The summed E-state index contributed by atoms with van der Waals surface area (Å²) in [4.78, 5) is 13.0. The second kappa shape index (κ2) is 5.01. The zero-order valence-corrected chi connectivity index (χ0v) is 11.8. The van der Waals surface area contributed by atoms with Gasteiger partial charge in [0.15, 0.2) is 0 Å². The van der Waals surface area contributed by atoms with E-state index >= 15 is 0 Å². The molecule has 0 unspecified atom stereocenters. The number of aromatic amines is 1. The van der Waals surface area contributed by atoms with E-state index in [9.17, 15) is 13.2 Å². The van der Waals surface area contributed by atoms with Gasteiger partial charge in [0, 0.05) is 6.20 Å². The highest BCUT2D eigenvalue weighted by atomic mass is 32.2. The van der Waals surface area contributed by atoms with Crippen LogP contribution in [0.5, 0.6) is 0 Å². The largest absolute Gasteiger partial charge is 0.477 e. The minimum absolute atomic E-state index is 0.115. The van der Waals surface area contributed by atoms with Crippen LogP contribution < -0.4 is 4.72 Å². The molecule has 3 N–H and O–H groups in total. The molecule has 0 radical (unpaired) electrons. The molecule has 2 aromatic rings. The SMILES string of the molecule is Cc1cccc(NS(=O)(=O)c2c[nH]c(C(=O)O)c2)c1C. The van der Waals surface area contributed by atoms with Crippen molar-refractivity contribution in [3.05, 3.63) is 47.3 Å². The first-order valence-electron chi connectivity index (χ1n) is 5.82. The predicted octanol–water partition coefficient (Wildman–Crippen LogP) is 2.13. The van der Waals surface area contributed by atoms with Crippen LogP contribution >= 0.6 is 0 Å². The quantitative estimate of drug-likeness (QED) is 0.804. The predicted molar refractivity (Wildman–Crippen MR) is 74.5 cm³/mol. The first-order chi connectivity index (χ1) is 9.31. The molecule has 0 fully saturated rings. The van der Waals surface area contributed by atoms with Gasteiger partial charge in [-0.15, -0.1) is 0 Å². The number of benzene rings is 1. The highest BCUT2D eigenvalue weighted by molar-refractivity contribution is 7.92. The highest BCUT2D eigenvalue weighted by Gasteiger charge is 2.19. The number of carboxylic acids is 1. The van der Waals surface area contributed by atoms with Crippen LogP contribution in [0.15, 0.2) is 35.4 Å². The monoisotopic (exact) mass is 294 g/mol. The van der Waals surface area contributed by atoms with Gasteiger partial charge in [-0.05, 0) is 37.1 Å². The molecule has 7 heteroatoms. The maximum Gasteiger partial charge on any atom is 0.352 e. The smallest absolute Gasteiger partial charge is 0.352 e. The number of hydrogen-bond acceptors (Lipinski definition) is 3. The fourth-order valence-corrected chi connectivity index (χ4v) is 2.83. The highest BCUT2D eigenvalue weighted by Crippen LogP contribution is 2.22. The van der Waals surface area contributed by atoms with E-state index in [1.165, 1.54) is 0 Å². The number of nitrogens with one attached hydrogen (secondary N) is 2. The minimum atomic E-state index is -3.81. The first kappa shape index (κ1) is 14.1. The van der Waals surface area contributed by atoms with Crippen LogP contribution in [0.25, 0.3) is 0 Å². The molecule has 0 atom stereocenters. The Morgan fingerprint density at radius 2 is 2.00 bits per heavy atom. The second-order valence-corrected chi connectivity index (χ2v) is 6.09. The van der Waals surface area contributed by atoms with E-state index in [1.807, 2.05) is 19.9 Å². The van der Waals surface area contributed by atoms with Crippen LogP contribution in [0.3, 0.4) is 0 Å². The van der Waals surface area contributed by atoms with Gasteiger partial charge in [0.1, 0.15) is 10.6 Å². The van der Waals surface area contributed by atoms with E-state index in [-0.39, 0.29) is 10.6 Å². The Hall–Kier alpha value is -2.28. The topological polar surface area (TPSA) is 99.3 Å². The lowest BCUT2D eigenvalue weighted by Gasteiger charge is -2.11. The number of rotatable bonds is 4. The van der Waals surface area contributed by atoms with E-state index in [0.29, 0.717) is 5.69 Å². The average Bonchev–Trinajstić information content (AvgIpc) is 2.85. The summed E-state index contributed by atoms with van der Waals surface area (Å²) in [5, 5.41) is 8.79. The molecule has 0 amide bonds. The van der Waals surface area contributed by atoms with Crippen LogP contribution in [0.2, 0.25) is 0 Å². The maximum atomic E-state index is 12.2. The van der Waals surface area contributed by atoms with Crippen molar-refractivity contribution in [3.8, 4) is 0 Å². The Morgan fingerprint density at radius 1 is 1.30 bits per heavy atom. The van der Waals surface area contributed by atoms with Gasteiger partial charge >= 0.3 is 5.97 Å².